The number of carbonyl (C=O) groups is 2. The molecule has 186 valence electrons. The van der Waals surface area contributed by atoms with Gasteiger partial charge in [-0.25, -0.2) is 4.79 Å². The van der Waals surface area contributed by atoms with E-state index < -0.39 is 12.1 Å². The van der Waals surface area contributed by atoms with Gasteiger partial charge in [0.15, 0.2) is 0 Å². The Hall–Kier alpha value is -3.81. The van der Waals surface area contributed by atoms with Crippen LogP contribution in [0.4, 0.5) is 4.79 Å². The molecule has 0 saturated carbocycles. The molecular formula is C27H33N3O5. The number of benzene rings is 2. The number of hydrogen-bond donors (Lipinski definition) is 2. The second kappa shape index (κ2) is 12.6. The predicted molar refractivity (Wildman–Crippen MR) is 134 cm³/mol. The van der Waals surface area contributed by atoms with Crippen LogP contribution in [0.1, 0.15) is 37.1 Å². The summed E-state index contributed by atoms with van der Waals surface area (Å²) in [5.41, 5.74) is 4.92. The number of carboxylic acid groups (broad SMARTS) is 1. The number of carboxylic acids is 1. The van der Waals surface area contributed by atoms with Crippen LogP contribution in [0.2, 0.25) is 0 Å². The number of rotatable bonds is 12. The standard InChI is InChI=1S/C27H33N3O5/c1-19(2)35-27(33)28-14-13-23-18-24(11-9-21(23)10-12-26(31)32)34-16-15-30-20(3)17-25(29-30)22-7-5-4-6-8-22/h4-9,11,17-19H,10,12-16H2,1-3H3,(H,28,33)(H,31,32). The van der Waals surface area contributed by atoms with Gasteiger partial charge in [-0.1, -0.05) is 36.4 Å². The van der Waals surface area contributed by atoms with Crippen LogP contribution >= 0.6 is 0 Å². The van der Waals surface area contributed by atoms with Crippen molar-refractivity contribution in [2.75, 3.05) is 13.2 Å². The lowest BCUT2D eigenvalue weighted by atomic mass is 10.00. The summed E-state index contributed by atoms with van der Waals surface area (Å²) in [6.45, 7) is 7.01. The van der Waals surface area contributed by atoms with Gasteiger partial charge in [0.25, 0.3) is 0 Å². The SMILES string of the molecule is Cc1cc(-c2ccccc2)nn1CCOc1ccc(CCC(=O)O)c(CCNC(=O)OC(C)C)c1. The van der Waals surface area contributed by atoms with Gasteiger partial charge in [0.2, 0.25) is 0 Å². The first-order valence-electron chi connectivity index (χ1n) is 11.8. The van der Waals surface area contributed by atoms with Gasteiger partial charge in [0.05, 0.1) is 18.3 Å². The number of aliphatic carboxylic acids is 1. The molecule has 0 fully saturated rings. The zero-order valence-corrected chi connectivity index (χ0v) is 20.5. The van der Waals surface area contributed by atoms with E-state index in [0.29, 0.717) is 38.3 Å². The van der Waals surface area contributed by atoms with E-state index >= 15 is 0 Å². The third-order valence-corrected chi connectivity index (χ3v) is 5.41. The Morgan fingerprint density at radius 2 is 1.83 bits per heavy atom. The first-order chi connectivity index (χ1) is 16.8. The Morgan fingerprint density at radius 3 is 2.54 bits per heavy atom. The van der Waals surface area contributed by atoms with Crippen LogP contribution < -0.4 is 10.1 Å². The lowest BCUT2D eigenvalue weighted by Crippen LogP contribution is -2.28. The van der Waals surface area contributed by atoms with E-state index in [-0.39, 0.29) is 12.5 Å². The van der Waals surface area contributed by atoms with Gasteiger partial charge in [-0.2, -0.15) is 5.10 Å². The summed E-state index contributed by atoms with van der Waals surface area (Å²) < 4.78 is 13.0. The first kappa shape index (κ1) is 25.8. The highest BCUT2D eigenvalue weighted by Crippen LogP contribution is 2.21. The molecule has 0 bridgehead atoms. The molecule has 35 heavy (non-hydrogen) atoms. The highest BCUT2D eigenvalue weighted by molar-refractivity contribution is 5.67. The zero-order chi connectivity index (χ0) is 25.2. The maximum Gasteiger partial charge on any atom is 0.407 e. The predicted octanol–water partition coefficient (Wildman–Crippen LogP) is 4.63. The molecule has 8 nitrogen and oxygen atoms in total. The average molecular weight is 480 g/mol. The molecule has 0 atom stereocenters. The largest absolute Gasteiger partial charge is 0.492 e. The summed E-state index contributed by atoms with van der Waals surface area (Å²) in [7, 11) is 0. The number of amides is 1. The summed E-state index contributed by atoms with van der Waals surface area (Å²) in [4.78, 5) is 22.8. The highest BCUT2D eigenvalue weighted by atomic mass is 16.6. The minimum absolute atomic E-state index is 0.0400. The molecule has 0 saturated heterocycles. The van der Waals surface area contributed by atoms with Gasteiger partial charge in [0.1, 0.15) is 12.4 Å². The maximum absolute atomic E-state index is 11.8. The summed E-state index contributed by atoms with van der Waals surface area (Å²) in [5.74, 6) is -0.156. The Balaban J connectivity index is 1.61. The molecule has 0 unspecified atom stereocenters. The van der Waals surface area contributed by atoms with Gasteiger partial charge in [-0.3, -0.25) is 9.48 Å². The van der Waals surface area contributed by atoms with Crippen LogP contribution in [0, 0.1) is 6.92 Å². The molecule has 0 aliphatic heterocycles. The molecule has 0 aliphatic rings. The Bertz CT molecular complexity index is 1130. The van der Waals surface area contributed by atoms with E-state index in [1.54, 1.807) is 13.8 Å². The van der Waals surface area contributed by atoms with Gasteiger partial charge in [-0.15, -0.1) is 0 Å². The minimum atomic E-state index is -0.848. The topological polar surface area (TPSA) is 103 Å². The fourth-order valence-corrected chi connectivity index (χ4v) is 3.70. The number of hydrogen-bond acceptors (Lipinski definition) is 5. The van der Waals surface area contributed by atoms with Crippen LogP contribution in [-0.2, 0) is 28.9 Å². The van der Waals surface area contributed by atoms with E-state index in [1.165, 1.54) is 0 Å². The number of alkyl carbamates (subject to hydrolysis) is 1. The minimum Gasteiger partial charge on any atom is -0.492 e. The Morgan fingerprint density at radius 1 is 1.06 bits per heavy atom. The van der Waals surface area contributed by atoms with Crippen molar-refractivity contribution < 1.29 is 24.2 Å². The van der Waals surface area contributed by atoms with E-state index in [4.69, 9.17) is 19.7 Å². The van der Waals surface area contributed by atoms with Crippen LogP contribution in [0.25, 0.3) is 11.3 Å². The number of nitrogens with zero attached hydrogens (tertiary/aromatic N) is 2. The van der Waals surface area contributed by atoms with Crippen molar-refractivity contribution in [2.24, 2.45) is 0 Å². The maximum atomic E-state index is 11.8. The molecule has 0 radical (unpaired) electrons. The van der Waals surface area contributed by atoms with E-state index in [1.807, 2.05) is 60.1 Å². The number of carbonyl (C=O) groups excluding carboxylic acids is 1. The van der Waals surface area contributed by atoms with Crippen LogP contribution in [-0.4, -0.2) is 46.2 Å². The molecule has 0 aliphatic carbocycles. The fraction of sp³-hybridized carbons (Fsp3) is 0.370. The van der Waals surface area contributed by atoms with Crippen LogP contribution in [0.15, 0.2) is 54.6 Å². The van der Waals surface area contributed by atoms with Crippen molar-refractivity contribution in [1.29, 1.82) is 0 Å². The molecule has 8 heteroatoms. The van der Waals surface area contributed by atoms with Gasteiger partial charge in [0, 0.05) is 24.2 Å². The van der Waals surface area contributed by atoms with E-state index in [0.717, 1.165) is 28.1 Å². The number of aromatic nitrogens is 2. The number of aryl methyl sites for hydroxylation is 2. The van der Waals surface area contributed by atoms with Crippen molar-refractivity contribution in [3.63, 3.8) is 0 Å². The average Bonchev–Trinajstić information content (AvgIpc) is 3.19. The quantitative estimate of drug-likeness (QED) is 0.393. The molecule has 3 rings (SSSR count). The molecule has 2 aromatic carbocycles. The normalized spacial score (nSPS) is 10.9. The van der Waals surface area contributed by atoms with Crippen molar-refractivity contribution in [1.82, 2.24) is 15.1 Å². The van der Waals surface area contributed by atoms with E-state index in [2.05, 4.69) is 11.4 Å². The third-order valence-electron chi connectivity index (χ3n) is 5.41. The van der Waals surface area contributed by atoms with Gasteiger partial charge >= 0.3 is 12.1 Å². The summed E-state index contributed by atoms with van der Waals surface area (Å²) >= 11 is 0. The van der Waals surface area contributed by atoms with Crippen molar-refractivity contribution in [3.8, 4) is 17.0 Å². The van der Waals surface area contributed by atoms with Crippen LogP contribution in [0.5, 0.6) is 5.75 Å². The molecule has 1 amide bonds. The lowest BCUT2D eigenvalue weighted by Gasteiger charge is -2.14. The smallest absolute Gasteiger partial charge is 0.407 e. The molecule has 3 aromatic rings. The number of ether oxygens (including phenoxy) is 2. The molecule has 1 heterocycles. The Kier molecular flexibility index (Phi) is 9.29. The zero-order valence-electron chi connectivity index (χ0n) is 20.5. The summed E-state index contributed by atoms with van der Waals surface area (Å²) in [6, 6.07) is 17.8. The van der Waals surface area contributed by atoms with Crippen LogP contribution in [0.3, 0.4) is 0 Å². The van der Waals surface area contributed by atoms with E-state index in [9.17, 15) is 9.59 Å². The van der Waals surface area contributed by atoms with Crippen molar-refractivity contribution in [3.05, 3.63) is 71.4 Å². The molecular weight excluding hydrogens is 446 g/mol. The second-order valence-corrected chi connectivity index (χ2v) is 8.56. The first-order valence-corrected chi connectivity index (χ1v) is 11.8. The Labute approximate surface area is 205 Å². The van der Waals surface area contributed by atoms with Gasteiger partial charge in [-0.05, 0) is 62.9 Å². The highest BCUT2D eigenvalue weighted by Gasteiger charge is 2.11. The van der Waals surface area contributed by atoms with Gasteiger partial charge < -0.3 is 19.9 Å². The van der Waals surface area contributed by atoms with Crippen molar-refractivity contribution >= 4 is 12.1 Å². The third kappa shape index (κ3) is 8.17. The monoisotopic (exact) mass is 479 g/mol. The fourth-order valence-electron chi connectivity index (χ4n) is 3.70. The lowest BCUT2D eigenvalue weighted by molar-refractivity contribution is -0.136. The number of nitrogens with one attached hydrogen (secondary N) is 1. The summed E-state index contributed by atoms with van der Waals surface area (Å²) in [6.07, 6.45) is 0.330. The second-order valence-electron chi connectivity index (χ2n) is 8.56. The molecule has 0 spiro atoms. The summed E-state index contributed by atoms with van der Waals surface area (Å²) in [5, 5.41) is 16.5. The van der Waals surface area contributed by atoms with Crippen molar-refractivity contribution in [2.45, 2.75) is 52.7 Å². The molecule has 2 N–H and O–H groups in total. The molecule has 1 aromatic heterocycles.